The summed E-state index contributed by atoms with van der Waals surface area (Å²) in [5.41, 5.74) is 1.03. The molecule has 1 aromatic heterocycles. The van der Waals surface area contributed by atoms with Crippen LogP contribution in [-0.4, -0.2) is 16.6 Å². The van der Waals surface area contributed by atoms with Crippen LogP contribution in [0.3, 0.4) is 0 Å². The number of nitro groups is 1. The summed E-state index contributed by atoms with van der Waals surface area (Å²) in [5, 5.41) is 25.4. The number of rotatable bonds is 6. The van der Waals surface area contributed by atoms with Crippen molar-refractivity contribution < 1.29 is 10.0 Å². The first-order chi connectivity index (χ1) is 9.16. The minimum Gasteiger partial charge on any atom is -0.386 e. The minimum absolute atomic E-state index is 0.0855. The van der Waals surface area contributed by atoms with E-state index in [-0.39, 0.29) is 5.69 Å². The van der Waals surface area contributed by atoms with Crippen molar-refractivity contribution in [2.24, 2.45) is 0 Å². The summed E-state index contributed by atoms with van der Waals surface area (Å²) in [6.07, 6.45) is -0.516. The molecule has 0 fully saturated rings. The zero-order valence-corrected chi connectivity index (χ0v) is 11.0. The van der Waals surface area contributed by atoms with Crippen LogP contribution in [0, 0.1) is 10.1 Å². The lowest BCUT2D eigenvalue weighted by Gasteiger charge is -2.10. The highest BCUT2D eigenvalue weighted by molar-refractivity contribution is 7.10. The number of hydrogen-bond acceptors (Lipinski definition) is 5. The van der Waals surface area contributed by atoms with Crippen LogP contribution in [0.1, 0.15) is 16.5 Å². The lowest BCUT2D eigenvalue weighted by Crippen LogP contribution is -2.20. The fourth-order valence-corrected chi connectivity index (χ4v) is 2.38. The molecule has 0 bridgehead atoms. The number of hydrogen-bond donors (Lipinski definition) is 2. The molecular formula is C13H14N2O3S. The van der Waals surface area contributed by atoms with Crippen LogP contribution >= 0.6 is 11.3 Å². The molecule has 19 heavy (non-hydrogen) atoms. The van der Waals surface area contributed by atoms with Crippen molar-refractivity contribution in [2.45, 2.75) is 12.6 Å². The second-order valence-corrected chi connectivity index (χ2v) is 5.06. The van der Waals surface area contributed by atoms with E-state index < -0.39 is 11.0 Å². The number of nitrogens with zero attached hydrogens (tertiary/aromatic N) is 1. The molecule has 0 aliphatic heterocycles. The molecule has 100 valence electrons. The van der Waals surface area contributed by atoms with Crippen molar-refractivity contribution in [1.29, 1.82) is 0 Å². The van der Waals surface area contributed by atoms with Crippen LogP contribution < -0.4 is 5.32 Å². The molecule has 2 N–H and O–H groups in total. The van der Waals surface area contributed by atoms with E-state index in [4.69, 9.17) is 0 Å². The predicted octanol–water partition coefficient (Wildman–Crippen LogP) is 2.48. The summed E-state index contributed by atoms with van der Waals surface area (Å²) in [5.74, 6) is 0. The van der Waals surface area contributed by atoms with Gasteiger partial charge in [-0.3, -0.25) is 10.1 Å². The highest BCUT2D eigenvalue weighted by Crippen LogP contribution is 2.18. The Balaban J connectivity index is 1.81. The molecule has 1 atom stereocenters. The molecule has 0 saturated carbocycles. The number of nitro benzene ring substituents is 1. The van der Waals surface area contributed by atoms with E-state index in [1.54, 1.807) is 12.1 Å². The van der Waals surface area contributed by atoms with Crippen LogP contribution in [0.5, 0.6) is 0 Å². The first-order valence-corrected chi connectivity index (χ1v) is 6.70. The Hall–Kier alpha value is -1.76. The smallest absolute Gasteiger partial charge is 0.269 e. The van der Waals surface area contributed by atoms with Crippen LogP contribution in [-0.2, 0) is 6.54 Å². The Kier molecular flexibility index (Phi) is 4.62. The zero-order chi connectivity index (χ0) is 13.7. The zero-order valence-electron chi connectivity index (χ0n) is 10.2. The van der Waals surface area contributed by atoms with Gasteiger partial charge >= 0.3 is 0 Å². The molecule has 2 rings (SSSR count). The van der Waals surface area contributed by atoms with Gasteiger partial charge in [-0.25, -0.2) is 0 Å². The molecule has 0 spiro atoms. The van der Waals surface area contributed by atoms with Crippen molar-refractivity contribution in [1.82, 2.24) is 5.32 Å². The lowest BCUT2D eigenvalue weighted by atomic mass is 10.2. The number of benzene rings is 1. The molecule has 2 aromatic rings. The molecule has 1 heterocycles. The average Bonchev–Trinajstić information content (AvgIpc) is 2.93. The van der Waals surface area contributed by atoms with E-state index in [1.165, 1.54) is 23.5 Å². The van der Waals surface area contributed by atoms with E-state index >= 15 is 0 Å². The van der Waals surface area contributed by atoms with Gasteiger partial charge in [0.05, 0.1) is 4.92 Å². The third-order valence-electron chi connectivity index (χ3n) is 2.69. The quantitative estimate of drug-likeness (QED) is 0.628. The summed E-state index contributed by atoms with van der Waals surface area (Å²) < 4.78 is 0. The standard InChI is InChI=1S/C13H14N2O3S/c16-12(13-2-1-7-19-13)9-14-8-10-3-5-11(6-4-10)15(17)18/h1-7,12,14,16H,8-9H2. The van der Waals surface area contributed by atoms with Gasteiger partial charge in [0, 0.05) is 30.1 Å². The fourth-order valence-electron chi connectivity index (χ4n) is 1.67. The predicted molar refractivity (Wildman–Crippen MR) is 74.1 cm³/mol. The van der Waals surface area contributed by atoms with E-state index in [2.05, 4.69) is 5.32 Å². The minimum atomic E-state index is -0.516. The largest absolute Gasteiger partial charge is 0.386 e. The Morgan fingerprint density at radius 1 is 1.32 bits per heavy atom. The Morgan fingerprint density at radius 3 is 2.63 bits per heavy atom. The van der Waals surface area contributed by atoms with Crippen LogP contribution in [0.15, 0.2) is 41.8 Å². The SMILES string of the molecule is O=[N+]([O-])c1ccc(CNCC(O)c2cccs2)cc1. The van der Waals surface area contributed by atoms with Gasteiger partial charge in [0.25, 0.3) is 5.69 Å². The molecule has 5 nitrogen and oxygen atoms in total. The van der Waals surface area contributed by atoms with Crippen molar-refractivity contribution in [3.8, 4) is 0 Å². The molecule has 0 amide bonds. The van der Waals surface area contributed by atoms with Gasteiger partial charge in [0.2, 0.25) is 0 Å². The highest BCUT2D eigenvalue weighted by atomic mass is 32.1. The molecule has 1 aromatic carbocycles. The number of thiophene rings is 1. The molecule has 0 saturated heterocycles. The van der Waals surface area contributed by atoms with Crippen molar-refractivity contribution in [2.75, 3.05) is 6.54 Å². The van der Waals surface area contributed by atoms with Crippen LogP contribution in [0.2, 0.25) is 0 Å². The van der Waals surface area contributed by atoms with Gasteiger partial charge in [0.1, 0.15) is 6.10 Å². The molecule has 0 radical (unpaired) electrons. The third-order valence-corrected chi connectivity index (χ3v) is 3.66. The van der Waals surface area contributed by atoms with Gasteiger partial charge in [-0.05, 0) is 17.0 Å². The molecule has 6 heteroatoms. The summed E-state index contributed by atoms with van der Waals surface area (Å²) in [4.78, 5) is 11.0. The first kappa shape index (κ1) is 13.7. The van der Waals surface area contributed by atoms with Crippen molar-refractivity contribution in [3.05, 3.63) is 62.3 Å². The molecule has 0 aliphatic carbocycles. The van der Waals surface area contributed by atoms with Gasteiger partial charge < -0.3 is 10.4 Å². The maximum Gasteiger partial charge on any atom is 0.269 e. The third kappa shape index (κ3) is 3.85. The first-order valence-electron chi connectivity index (χ1n) is 5.82. The molecular weight excluding hydrogens is 264 g/mol. The lowest BCUT2D eigenvalue weighted by molar-refractivity contribution is -0.384. The summed E-state index contributed by atoms with van der Waals surface area (Å²) >= 11 is 1.52. The number of non-ortho nitro benzene ring substituents is 1. The van der Waals surface area contributed by atoms with Gasteiger partial charge in [-0.2, -0.15) is 0 Å². The normalized spacial score (nSPS) is 12.3. The summed E-state index contributed by atoms with van der Waals surface area (Å²) in [7, 11) is 0. The van der Waals surface area contributed by atoms with E-state index in [0.717, 1.165) is 10.4 Å². The van der Waals surface area contributed by atoms with E-state index in [9.17, 15) is 15.2 Å². The number of aliphatic hydroxyl groups is 1. The maximum atomic E-state index is 10.5. The average molecular weight is 278 g/mol. The topological polar surface area (TPSA) is 75.4 Å². The molecule has 1 unspecified atom stereocenters. The fraction of sp³-hybridized carbons (Fsp3) is 0.231. The van der Waals surface area contributed by atoms with Crippen molar-refractivity contribution >= 4 is 17.0 Å². The Labute approximate surface area is 114 Å². The van der Waals surface area contributed by atoms with Crippen molar-refractivity contribution in [3.63, 3.8) is 0 Å². The number of aliphatic hydroxyl groups excluding tert-OH is 1. The molecule has 0 aliphatic rings. The highest BCUT2D eigenvalue weighted by Gasteiger charge is 2.08. The van der Waals surface area contributed by atoms with E-state index in [1.807, 2.05) is 17.5 Å². The number of nitrogens with one attached hydrogen (secondary N) is 1. The summed E-state index contributed by atoms with van der Waals surface area (Å²) in [6, 6.07) is 10.2. The second kappa shape index (κ2) is 6.42. The monoisotopic (exact) mass is 278 g/mol. The Morgan fingerprint density at radius 2 is 2.05 bits per heavy atom. The van der Waals surface area contributed by atoms with Gasteiger partial charge in [-0.1, -0.05) is 18.2 Å². The van der Waals surface area contributed by atoms with Gasteiger partial charge in [-0.15, -0.1) is 11.3 Å². The Bertz CT molecular complexity index is 525. The second-order valence-electron chi connectivity index (χ2n) is 4.09. The van der Waals surface area contributed by atoms with E-state index in [0.29, 0.717) is 13.1 Å². The maximum absolute atomic E-state index is 10.5. The van der Waals surface area contributed by atoms with Crippen LogP contribution in [0.25, 0.3) is 0 Å². The van der Waals surface area contributed by atoms with Gasteiger partial charge in [0.15, 0.2) is 0 Å². The summed E-state index contributed by atoms with van der Waals surface area (Å²) in [6.45, 7) is 1.03. The van der Waals surface area contributed by atoms with Crippen LogP contribution in [0.4, 0.5) is 5.69 Å².